The topological polar surface area (TPSA) is 286 Å². The van der Waals surface area contributed by atoms with E-state index in [-0.39, 0.29) is 18.7 Å². The van der Waals surface area contributed by atoms with Gasteiger partial charge in [0.15, 0.2) is 12.3 Å². The van der Waals surface area contributed by atoms with Gasteiger partial charge in [-0.1, -0.05) is 144 Å². The lowest BCUT2D eigenvalue weighted by Gasteiger charge is -2.21. The lowest BCUT2D eigenvalue weighted by Crippen LogP contribution is -2.36. The summed E-state index contributed by atoms with van der Waals surface area (Å²) in [5.74, 6) is -1.41. The molecule has 8 atom stereocenters. The first-order chi connectivity index (χ1) is 35.1. The number of hydrogen-bond acceptors (Lipinski definition) is 16. The molecule has 0 amide bonds. The summed E-state index contributed by atoms with van der Waals surface area (Å²) >= 11 is 0. The van der Waals surface area contributed by atoms with E-state index in [0.717, 1.165) is 81.4 Å². The predicted octanol–water partition coefficient (Wildman–Crippen LogP) is 9.64. The van der Waals surface area contributed by atoms with Crippen molar-refractivity contribution < 1.29 is 71.4 Å². The number of nitrogens with zero attached hydrogens (tertiary/aromatic N) is 2. The lowest BCUT2D eigenvalue weighted by atomic mass is 10.1. The van der Waals surface area contributed by atoms with Crippen LogP contribution in [0.5, 0.6) is 0 Å². The molecule has 2 unspecified atom stereocenters. The van der Waals surface area contributed by atoms with Crippen LogP contribution in [0.3, 0.4) is 0 Å². The minimum atomic E-state index is -5.45. The Morgan fingerprint density at radius 3 is 1.89 bits per heavy atom. The molecular formula is C52H83N3O16P2. The van der Waals surface area contributed by atoms with E-state index < -0.39 is 89.8 Å². The van der Waals surface area contributed by atoms with Crippen molar-refractivity contribution in [3.05, 3.63) is 108 Å². The maximum atomic E-state index is 12.9. The Morgan fingerprint density at radius 2 is 1.27 bits per heavy atom. The molecule has 0 radical (unpaired) electrons. The fourth-order valence-corrected chi connectivity index (χ4v) is 9.09. The molecule has 0 aliphatic carbocycles. The molecule has 1 aromatic rings. The van der Waals surface area contributed by atoms with E-state index in [1.54, 1.807) is 6.08 Å². The molecule has 1 fully saturated rings. The highest BCUT2D eigenvalue weighted by Gasteiger charge is 2.46. The van der Waals surface area contributed by atoms with Crippen LogP contribution in [0.4, 0.5) is 5.82 Å². The maximum absolute atomic E-state index is 12.9. The van der Waals surface area contributed by atoms with E-state index in [1.807, 2.05) is 49.5 Å². The Morgan fingerprint density at radius 1 is 0.726 bits per heavy atom. The zero-order valence-corrected chi connectivity index (χ0v) is 44.6. The molecule has 2 heterocycles. The maximum Gasteiger partial charge on any atom is 0.481 e. The Labute approximate surface area is 431 Å². The largest absolute Gasteiger partial charge is 0.481 e. The van der Waals surface area contributed by atoms with E-state index >= 15 is 0 Å². The summed E-state index contributed by atoms with van der Waals surface area (Å²) in [5.41, 5.74) is 4.58. The summed E-state index contributed by atoms with van der Waals surface area (Å²) in [6.07, 6.45) is 39.0. The molecule has 0 saturated carbocycles. The summed E-state index contributed by atoms with van der Waals surface area (Å²) in [5, 5.41) is 30.4. The van der Waals surface area contributed by atoms with Gasteiger partial charge in [0.2, 0.25) is 0 Å². The van der Waals surface area contributed by atoms with Crippen LogP contribution >= 0.6 is 15.6 Å². The number of esters is 2. The van der Waals surface area contributed by atoms with Gasteiger partial charge >= 0.3 is 33.3 Å². The Hall–Kier alpha value is -4.10. The second-order valence-electron chi connectivity index (χ2n) is 17.5. The Kier molecular flexibility index (Phi) is 35.0. The van der Waals surface area contributed by atoms with Crippen LogP contribution < -0.4 is 11.4 Å². The first kappa shape index (κ1) is 65.0. The number of phosphoric acid groups is 2. The van der Waals surface area contributed by atoms with E-state index in [1.165, 1.54) is 25.3 Å². The summed E-state index contributed by atoms with van der Waals surface area (Å²) in [4.78, 5) is 61.9. The molecule has 2 rings (SSSR count). The molecule has 73 heavy (non-hydrogen) atoms. The van der Waals surface area contributed by atoms with Gasteiger partial charge in [-0.15, -0.1) is 0 Å². The molecule has 0 spiro atoms. The molecule has 21 heteroatoms. The van der Waals surface area contributed by atoms with Crippen LogP contribution in [-0.4, -0.2) is 96.9 Å². The molecule has 1 aliphatic rings. The van der Waals surface area contributed by atoms with Crippen molar-refractivity contribution in [3.63, 3.8) is 0 Å². The second-order valence-corrected chi connectivity index (χ2v) is 20.5. The van der Waals surface area contributed by atoms with Crippen LogP contribution in [0.15, 0.2) is 102 Å². The number of unbranched alkanes of at least 4 members (excludes halogenated alkanes) is 11. The van der Waals surface area contributed by atoms with Crippen LogP contribution in [0.25, 0.3) is 0 Å². The van der Waals surface area contributed by atoms with Gasteiger partial charge in [-0.05, 0) is 83.1 Å². The number of hydrogen-bond donors (Lipinski definition) is 6. The minimum Gasteiger partial charge on any atom is -0.462 e. The summed E-state index contributed by atoms with van der Waals surface area (Å²) in [7, 11) is -10.9. The van der Waals surface area contributed by atoms with Gasteiger partial charge < -0.3 is 45.1 Å². The van der Waals surface area contributed by atoms with Crippen molar-refractivity contribution in [2.75, 3.05) is 25.6 Å². The number of nitrogen functional groups attached to an aromatic ring is 1. The number of rotatable bonds is 41. The number of carbonyl (C=O) groups is 2. The molecule has 19 nitrogen and oxygen atoms in total. The Bertz CT molecular complexity index is 2070. The highest BCUT2D eigenvalue weighted by atomic mass is 31.3. The molecule has 412 valence electrons. The van der Waals surface area contributed by atoms with Crippen molar-refractivity contribution in [1.82, 2.24) is 9.55 Å². The number of allylic oxidation sites excluding steroid dienone is 13. The molecule has 0 bridgehead atoms. The molecule has 7 N–H and O–H groups in total. The van der Waals surface area contributed by atoms with Crippen LogP contribution in [0, 0.1) is 0 Å². The molecule has 1 aromatic heterocycles. The number of aromatic nitrogens is 2. The SMILES string of the molecule is CCCCC/C=C\C/C=C\CCCCCCCCCC(=O)OC[C@H](COP(=O)(O)OP(=O)(O)OC[C@H]1O[C@@H](n2ccc(N)nc2=O)[C@H](O)[C@@H]1O)OC(=O)CCC/C=C\C/C=C\C/C=C\C/C=C\C=C\[C@H](O)CC. The second kappa shape index (κ2) is 39.3. The fourth-order valence-electron chi connectivity index (χ4n) is 6.98. The summed E-state index contributed by atoms with van der Waals surface area (Å²) in [6.45, 7) is 1.73. The van der Waals surface area contributed by atoms with E-state index in [2.05, 4.69) is 52.7 Å². The third-order valence-electron chi connectivity index (χ3n) is 11.1. The third-order valence-corrected chi connectivity index (χ3v) is 13.7. The molecular weight excluding hydrogens is 985 g/mol. The molecule has 1 saturated heterocycles. The zero-order valence-electron chi connectivity index (χ0n) is 42.8. The van der Waals surface area contributed by atoms with E-state index in [9.17, 15) is 48.6 Å². The van der Waals surface area contributed by atoms with Crippen LogP contribution in [-0.2, 0) is 46.3 Å². The van der Waals surface area contributed by atoms with E-state index in [0.29, 0.717) is 32.1 Å². The number of aliphatic hydroxyl groups excluding tert-OH is 3. The van der Waals surface area contributed by atoms with Gasteiger partial charge in [0.05, 0.1) is 19.3 Å². The highest BCUT2D eigenvalue weighted by molar-refractivity contribution is 7.61. The van der Waals surface area contributed by atoms with Crippen molar-refractivity contribution in [2.24, 2.45) is 0 Å². The summed E-state index contributed by atoms with van der Waals surface area (Å²) in [6, 6.07) is 1.24. The zero-order chi connectivity index (χ0) is 53.6. The van der Waals surface area contributed by atoms with Crippen molar-refractivity contribution in [2.45, 2.75) is 185 Å². The van der Waals surface area contributed by atoms with Crippen LogP contribution in [0.2, 0.25) is 0 Å². The number of nitrogens with two attached hydrogens (primary N) is 1. The summed E-state index contributed by atoms with van der Waals surface area (Å²) < 4.78 is 56.7. The number of aliphatic hydroxyl groups is 3. The van der Waals surface area contributed by atoms with Crippen molar-refractivity contribution >= 4 is 33.4 Å². The smallest absolute Gasteiger partial charge is 0.462 e. The average molecular weight is 1070 g/mol. The number of carbonyl (C=O) groups excluding carboxylic acids is 2. The van der Waals surface area contributed by atoms with Gasteiger partial charge in [0.25, 0.3) is 0 Å². The minimum absolute atomic E-state index is 0.0481. The fraction of sp³-hybridized carbons (Fsp3) is 0.615. The van der Waals surface area contributed by atoms with Gasteiger partial charge in [-0.25, -0.2) is 13.9 Å². The predicted molar refractivity (Wildman–Crippen MR) is 281 cm³/mol. The van der Waals surface area contributed by atoms with Crippen LogP contribution in [0.1, 0.15) is 155 Å². The lowest BCUT2D eigenvalue weighted by molar-refractivity contribution is -0.161. The molecule has 1 aliphatic heterocycles. The molecule has 0 aromatic carbocycles. The first-order valence-electron chi connectivity index (χ1n) is 25.7. The first-order valence-corrected chi connectivity index (χ1v) is 28.7. The van der Waals surface area contributed by atoms with Gasteiger partial charge in [-0.3, -0.25) is 23.2 Å². The normalized spacial score (nSPS) is 20.1. The van der Waals surface area contributed by atoms with Crippen molar-refractivity contribution in [1.29, 1.82) is 0 Å². The monoisotopic (exact) mass is 1070 g/mol. The number of anilines is 1. The van der Waals surface area contributed by atoms with E-state index in [4.69, 9.17) is 29.0 Å². The highest BCUT2D eigenvalue weighted by Crippen LogP contribution is 2.60. The van der Waals surface area contributed by atoms with Crippen molar-refractivity contribution in [3.8, 4) is 0 Å². The standard InChI is InChI=1S/C52H83N3O16P2/c1-3-5-6-7-8-9-10-11-12-13-14-18-21-24-27-30-33-36-47(57)66-40-44(69-48(58)37-34-31-28-25-22-19-16-15-17-20-23-26-29-32-35-43(56)4-2)41-67-72(62,63)71-73(64,65)68-42-45-49(59)50(60)51(70-45)55-39-38-46(53)54-52(55)61/h8-9,11-12,16-17,19-20,25-26,28-29,32,35,38-39,43-45,49-51,56,59-60H,3-7,10,13-15,18,21-24,27,30-31,33-34,36-37,40-42H2,1-2H3,(H,62,63)(H,64,65)(H2,53,54,61)/b9-8-,12-11-,19-16-,20-17-,28-25-,29-26-,35-32+/t43-,44-,45-,49-,50-,51-/m1/s1. The number of ether oxygens (including phenoxy) is 3. The quantitative estimate of drug-likeness (QED) is 0.0117. The van der Waals surface area contributed by atoms with Gasteiger partial charge in [0.1, 0.15) is 30.7 Å². The van der Waals surface area contributed by atoms with Gasteiger partial charge in [0, 0.05) is 19.0 Å². The van der Waals surface area contributed by atoms with Gasteiger partial charge in [-0.2, -0.15) is 9.29 Å². The average Bonchev–Trinajstić information content (AvgIpc) is 3.63. The third kappa shape index (κ3) is 32.1. The number of phosphoric ester groups is 2. The Balaban J connectivity index is 1.83.